The SMILES string of the molecule is CCC(C)NC(=O)CN(C(C)=O)C(C)(C)C. The van der Waals surface area contributed by atoms with Crippen LogP contribution < -0.4 is 5.32 Å². The average molecular weight is 228 g/mol. The predicted molar refractivity (Wildman–Crippen MR) is 65.0 cm³/mol. The molecule has 0 aromatic carbocycles. The second-order valence-electron chi connectivity index (χ2n) is 5.15. The zero-order chi connectivity index (χ0) is 12.9. The molecule has 0 heterocycles. The summed E-state index contributed by atoms with van der Waals surface area (Å²) in [6.07, 6.45) is 0.890. The second-order valence-corrected chi connectivity index (χ2v) is 5.15. The Balaban J connectivity index is 4.43. The molecule has 0 bridgehead atoms. The van der Waals surface area contributed by atoms with Crippen LogP contribution in [0, 0.1) is 0 Å². The maximum Gasteiger partial charge on any atom is 0.239 e. The Morgan fingerprint density at radius 1 is 1.31 bits per heavy atom. The van der Waals surface area contributed by atoms with E-state index in [9.17, 15) is 9.59 Å². The van der Waals surface area contributed by atoms with Crippen molar-refractivity contribution in [1.29, 1.82) is 0 Å². The van der Waals surface area contributed by atoms with Gasteiger partial charge in [0.05, 0.1) is 0 Å². The molecule has 1 N–H and O–H groups in total. The normalized spacial score (nSPS) is 13.1. The number of nitrogens with zero attached hydrogens (tertiary/aromatic N) is 1. The van der Waals surface area contributed by atoms with Gasteiger partial charge in [-0.3, -0.25) is 9.59 Å². The first kappa shape index (κ1) is 14.9. The molecule has 0 fully saturated rings. The van der Waals surface area contributed by atoms with Gasteiger partial charge in [0.2, 0.25) is 11.8 Å². The summed E-state index contributed by atoms with van der Waals surface area (Å²) >= 11 is 0. The molecule has 16 heavy (non-hydrogen) atoms. The molecular formula is C12H24N2O2. The Labute approximate surface area is 98.4 Å². The third kappa shape index (κ3) is 5.14. The molecule has 0 rings (SSSR count). The summed E-state index contributed by atoms with van der Waals surface area (Å²) in [5.74, 6) is -0.175. The molecule has 1 atom stereocenters. The highest BCUT2D eigenvalue weighted by Crippen LogP contribution is 2.12. The highest BCUT2D eigenvalue weighted by molar-refractivity contribution is 5.84. The van der Waals surface area contributed by atoms with E-state index in [4.69, 9.17) is 0 Å². The molecular weight excluding hydrogens is 204 g/mol. The zero-order valence-corrected chi connectivity index (χ0v) is 11.3. The molecule has 0 aromatic heterocycles. The van der Waals surface area contributed by atoms with Crippen LogP contribution in [0.4, 0.5) is 0 Å². The van der Waals surface area contributed by atoms with Gasteiger partial charge in [-0.15, -0.1) is 0 Å². The topological polar surface area (TPSA) is 49.4 Å². The fraction of sp³-hybridized carbons (Fsp3) is 0.833. The van der Waals surface area contributed by atoms with Crippen LogP contribution in [0.3, 0.4) is 0 Å². The number of hydrogen-bond donors (Lipinski definition) is 1. The van der Waals surface area contributed by atoms with E-state index in [1.807, 2.05) is 34.6 Å². The van der Waals surface area contributed by atoms with Crippen molar-refractivity contribution in [2.45, 2.75) is 59.5 Å². The fourth-order valence-electron chi connectivity index (χ4n) is 1.39. The first-order chi connectivity index (χ1) is 7.18. The van der Waals surface area contributed by atoms with Crippen molar-refractivity contribution in [1.82, 2.24) is 10.2 Å². The maximum absolute atomic E-state index is 11.7. The van der Waals surface area contributed by atoms with Crippen LogP contribution in [-0.2, 0) is 9.59 Å². The average Bonchev–Trinajstić information content (AvgIpc) is 2.11. The summed E-state index contributed by atoms with van der Waals surface area (Å²) in [4.78, 5) is 24.7. The van der Waals surface area contributed by atoms with Crippen molar-refractivity contribution >= 4 is 11.8 Å². The lowest BCUT2D eigenvalue weighted by Gasteiger charge is -2.34. The molecule has 0 aromatic rings. The number of hydrogen-bond acceptors (Lipinski definition) is 2. The molecule has 0 saturated carbocycles. The van der Waals surface area contributed by atoms with Crippen LogP contribution in [-0.4, -0.2) is 34.8 Å². The fourth-order valence-corrected chi connectivity index (χ4v) is 1.39. The molecule has 0 radical (unpaired) electrons. The lowest BCUT2D eigenvalue weighted by molar-refractivity contribution is -0.139. The van der Waals surface area contributed by atoms with Gasteiger partial charge in [-0.05, 0) is 34.1 Å². The summed E-state index contributed by atoms with van der Waals surface area (Å²) in [6, 6.07) is 0.154. The van der Waals surface area contributed by atoms with Crippen molar-refractivity contribution in [3.63, 3.8) is 0 Å². The van der Waals surface area contributed by atoms with E-state index in [0.29, 0.717) is 0 Å². The highest BCUT2D eigenvalue weighted by atomic mass is 16.2. The van der Waals surface area contributed by atoms with Gasteiger partial charge in [0.1, 0.15) is 6.54 Å². The number of amides is 2. The van der Waals surface area contributed by atoms with E-state index in [0.717, 1.165) is 6.42 Å². The molecule has 0 saturated heterocycles. The Morgan fingerprint density at radius 2 is 1.81 bits per heavy atom. The summed E-state index contributed by atoms with van der Waals surface area (Å²) in [6.45, 7) is 11.3. The van der Waals surface area contributed by atoms with Gasteiger partial charge in [0.15, 0.2) is 0 Å². The molecule has 0 aliphatic rings. The molecule has 0 spiro atoms. The minimum absolute atomic E-state index is 0.0770. The molecule has 94 valence electrons. The molecule has 1 unspecified atom stereocenters. The lowest BCUT2D eigenvalue weighted by Crippen LogP contribution is -2.50. The Bertz CT molecular complexity index is 256. The van der Waals surface area contributed by atoms with Crippen molar-refractivity contribution in [3.05, 3.63) is 0 Å². The highest BCUT2D eigenvalue weighted by Gasteiger charge is 2.25. The third-order valence-electron chi connectivity index (χ3n) is 2.51. The smallest absolute Gasteiger partial charge is 0.239 e. The van der Waals surface area contributed by atoms with E-state index in [-0.39, 0.29) is 29.9 Å². The Kier molecular flexibility index (Phi) is 5.48. The number of nitrogens with one attached hydrogen (secondary N) is 1. The predicted octanol–water partition coefficient (Wildman–Crippen LogP) is 1.55. The van der Waals surface area contributed by atoms with Crippen molar-refractivity contribution < 1.29 is 9.59 Å². The first-order valence-corrected chi connectivity index (χ1v) is 5.76. The van der Waals surface area contributed by atoms with Crippen LogP contribution >= 0.6 is 0 Å². The molecule has 4 heteroatoms. The van der Waals surface area contributed by atoms with Gasteiger partial charge in [0.25, 0.3) is 0 Å². The number of rotatable bonds is 4. The van der Waals surface area contributed by atoms with Gasteiger partial charge >= 0.3 is 0 Å². The van der Waals surface area contributed by atoms with E-state index in [1.54, 1.807) is 4.90 Å². The van der Waals surface area contributed by atoms with Crippen LogP contribution in [0.15, 0.2) is 0 Å². The monoisotopic (exact) mass is 228 g/mol. The third-order valence-corrected chi connectivity index (χ3v) is 2.51. The zero-order valence-electron chi connectivity index (χ0n) is 11.3. The number of carbonyl (C=O) groups is 2. The standard InChI is InChI=1S/C12H24N2O2/c1-7-9(2)13-11(16)8-14(10(3)15)12(4,5)6/h9H,7-8H2,1-6H3,(H,13,16). The van der Waals surface area contributed by atoms with E-state index in [1.165, 1.54) is 6.92 Å². The van der Waals surface area contributed by atoms with Crippen LogP contribution in [0.25, 0.3) is 0 Å². The number of carbonyl (C=O) groups excluding carboxylic acids is 2. The minimum Gasteiger partial charge on any atom is -0.352 e. The Hall–Kier alpha value is -1.06. The van der Waals surface area contributed by atoms with E-state index < -0.39 is 0 Å². The minimum atomic E-state index is -0.321. The Morgan fingerprint density at radius 3 is 2.12 bits per heavy atom. The van der Waals surface area contributed by atoms with Gasteiger partial charge in [-0.1, -0.05) is 6.92 Å². The van der Waals surface area contributed by atoms with E-state index >= 15 is 0 Å². The van der Waals surface area contributed by atoms with E-state index in [2.05, 4.69) is 5.32 Å². The summed E-state index contributed by atoms with van der Waals surface area (Å²) in [7, 11) is 0. The first-order valence-electron chi connectivity index (χ1n) is 5.76. The summed E-state index contributed by atoms with van der Waals surface area (Å²) in [5.41, 5.74) is -0.321. The molecule has 2 amide bonds. The van der Waals surface area contributed by atoms with Crippen LogP contribution in [0.2, 0.25) is 0 Å². The second kappa shape index (κ2) is 5.87. The molecule has 0 aliphatic heterocycles. The van der Waals surface area contributed by atoms with Crippen molar-refractivity contribution in [2.24, 2.45) is 0 Å². The summed E-state index contributed by atoms with van der Waals surface area (Å²) < 4.78 is 0. The largest absolute Gasteiger partial charge is 0.352 e. The maximum atomic E-state index is 11.7. The molecule has 4 nitrogen and oxygen atoms in total. The van der Waals surface area contributed by atoms with Gasteiger partial charge in [0, 0.05) is 18.5 Å². The molecule has 0 aliphatic carbocycles. The van der Waals surface area contributed by atoms with Gasteiger partial charge in [-0.2, -0.15) is 0 Å². The van der Waals surface area contributed by atoms with Crippen molar-refractivity contribution in [2.75, 3.05) is 6.54 Å². The van der Waals surface area contributed by atoms with Crippen LogP contribution in [0.5, 0.6) is 0 Å². The van der Waals surface area contributed by atoms with Crippen molar-refractivity contribution in [3.8, 4) is 0 Å². The summed E-state index contributed by atoms with van der Waals surface area (Å²) in [5, 5.41) is 2.85. The quantitative estimate of drug-likeness (QED) is 0.793. The van der Waals surface area contributed by atoms with Gasteiger partial charge < -0.3 is 10.2 Å². The van der Waals surface area contributed by atoms with Crippen LogP contribution in [0.1, 0.15) is 48.0 Å². The lowest BCUT2D eigenvalue weighted by atomic mass is 10.1. The van der Waals surface area contributed by atoms with Gasteiger partial charge in [-0.25, -0.2) is 0 Å².